The molecule has 1 N–H and O–H groups in total. The van der Waals surface area contributed by atoms with Gasteiger partial charge >= 0.3 is 0 Å². The standard InChI is InChI=1S/C27H29N5O6/c1-36-23-9-7-19-13-24(23)37-12-11-32-14-20(29-30-32)17-38-25-16-31(15-21(25)28-27(19)35)26(34)10-8-22(33)18-5-3-2-4-6-18/h2-7,9,13-14,21,25H,8,10-12,15-17H2,1H3,(H,28,35)/t21-,25-/m0/s1. The molecule has 1 fully saturated rings. The van der Waals surface area contributed by atoms with Crippen molar-refractivity contribution in [3.63, 3.8) is 0 Å². The van der Waals surface area contributed by atoms with Crippen LogP contribution in [-0.2, 0) is 22.7 Å². The number of nitrogens with one attached hydrogen (secondary N) is 1. The van der Waals surface area contributed by atoms with Crippen LogP contribution in [0.25, 0.3) is 0 Å². The third kappa shape index (κ3) is 5.83. The molecule has 0 aliphatic carbocycles. The van der Waals surface area contributed by atoms with E-state index in [9.17, 15) is 14.4 Å². The summed E-state index contributed by atoms with van der Waals surface area (Å²) >= 11 is 0. The molecule has 1 aromatic heterocycles. The number of benzene rings is 2. The predicted molar refractivity (Wildman–Crippen MR) is 135 cm³/mol. The van der Waals surface area contributed by atoms with Gasteiger partial charge < -0.3 is 24.4 Å². The number of ether oxygens (including phenoxy) is 3. The number of fused-ring (bicyclic) bond motifs is 5. The molecule has 0 saturated carbocycles. The van der Waals surface area contributed by atoms with Crippen molar-refractivity contribution >= 4 is 17.6 Å². The molecule has 2 aromatic carbocycles. The smallest absolute Gasteiger partial charge is 0.251 e. The fourth-order valence-corrected chi connectivity index (χ4v) is 4.57. The van der Waals surface area contributed by atoms with Crippen LogP contribution in [0, 0.1) is 0 Å². The van der Waals surface area contributed by atoms with Crippen molar-refractivity contribution in [3.05, 3.63) is 71.5 Å². The second-order valence-electron chi connectivity index (χ2n) is 9.20. The van der Waals surface area contributed by atoms with Gasteiger partial charge in [-0.15, -0.1) is 5.10 Å². The van der Waals surface area contributed by atoms with E-state index in [4.69, 9.17) is 14.2 Å². The number of carbonyl (C=O) groups is 3. The molecule has 2 aliphatic rings. The highest BCUT2D eigenvalue weighted by Crippen LogP contribution is 2.28. The first kappa shape index (κ1) is 25.4. The van der Waals surface area contributed by atoms with Crippen molar-refractivity contribution in [3.8, 4) is 11.5 Å². The van der Waals surface area contributed by atoms with Crippen LogP contribution in [0.15, 0.2) is 54.7 Å². The van der Waals surface area contributed by atoms with Crippen LogP contribution in [0.5, 0.6) is 11.5 Å². The summed E-state index contributed by atoms with van der Waals surface area (Å²) in [6.45, 7) is 1.48. The van der Waals surface area contributed by atoms with E-state index in [-0.39, 0.29) is 50.1 Å². The Labute approximate surface area is 219 Å². The number of Topliss-reactive ketones (excluding diaryl/α,β-unsaturated/α-hetero) is 1. The normalized spacial score (nSPS) is 19.4. The van der Waals surface area contributed by atoms with Crippen LogP contribution in [0.3, 0.4) is 0 Å². The van der Waals surface area contributed by atoms with Crippen molar-refractivity contribution in [2.24, 2.45) is 0 Å². The van der Waals surface area contributed by atoms with Gasteiger partial charge in [-0.25, -0.2) is 4.68 Å². The summed E-state index contributed by atoms with van der Waals surface area (Å²) in [5.41, 5.74) is 1.61. The summed E-state index contributed by atoms with van der Waals surface area (Å²) in [6.07, 6.45) is 1.50. The molecule has 4 bridgehead atoms. The Morgan fingerprint density at radius 3 is 2.79 bits per heavy atom. The van der Waals surface area contributed by atoms with E-state index in [1.54, 1.807) is 58.2 Å². The van der Waals surface area contributed by atoms with Crippen LogP contribution >= 0.6 is 0 Å². The number of methoxy groups -OCH3 is 1. The van der Waals surface area contributed by atoms with Gasteiger partial charge in [0.05, 0.1) is 38.6 Å². The lowest BCUT2D eigenvalue weighted by Gasteiger charge is -2.20. The van der Waals surface area contributed by atoms with Crippen molar-refractivity contribution < 1.29 is 28.6 Å². The average molecular weight is 520 g/mol. The Morgan fingerprint density at radius 1 is 1.13 bits per heavy atom. The Balaban J connectivity index is 1.31. The molecule has 1 saturated heterocycles. The first-order valence-corrected chi connectivity index (χ1v) is 12.5. The van der Waals surface area contributed by atoms with E-state index >= 15 is 0 Å². The van der Waals surface area contributed by atoms with E-state index in [0.29, 0.717) is 41.5 Å². The molecule has 2 aliphatic heterocycles. The maximum absolute atomic E-state index is 13.2. The van der Waals surface area contributed by atoms with Gasteiger partial charge in [-0.2, -0.15) is 0 Å². The molecular weight excluding hydrogens is 490 g/mol. The molecule has 38 heavy (non-hydrogen) atoms. The Hall–Kier alpha value is -4.25. The predicted octanol–water partition coefficient (Wildman–Crippen LogP) is 1.87. The zero-order valence-corrected chi connectivity index (χ0v) is 21.0. The summed E-state index contributed by atoms with van der Waals surface area (Å²) in [5.74, 6) is 0.380. The summed E-state index contributed by atoms with van der Waals surface area (Å²) in [5, 5.41) is 11.3. The number of hydrogen-bond donors (Lipinski definition) is 1. The molecule has 0 spiro atoms. The second kappa shape index (κ2) is 11.4. The van der Waals surface area contributed by atoms with E-state index in [0.717, 1.165) is 0 Å². The topological polar surface area (TPSA) is 125 Å². The lowest BCUT2D eigenvalue weighted by Crippen LogP contribution is -2.44. The maximum atomic E-state index is 13.2. The summed E-state index contributed by atoms with van der Waals surface area (Å²) in [6, 6.07) is 13.4. The fourth-order valence-electron chi connectivity index (χ4n) is 4.57. The van der Waals surface area contributed by atoms with Gasteiger partial charge in [0, 0.05) is 37.1 Å². The highest BCUT2D eigenvalue weighted by Gasteiger charge is 2.37. The minimum Gasteiger partial charge on any atom is -0.493 e. The number of carbonyl (C=O) groups excluding carboxylic acids is 3. The summed E-state index contributed by atoms with van der Waals surface area (Å²) in [4.78, 5) is 40.3. The number of amides is 2. The summed E-state index contributed by atoms with van der Waals surface area (Å²) < 4.78 is 19.0. The van der Waals surface area contributed by atoms with Gasteiger partial charge in [0.2, 0.25) is 5.91 Å². The highest BCUT2D eigenvalue weighted by molar-refractivity contribution is 5.98. The molecule has 5 rings (SSSR count). The fraction of sp³-hybridized carbons (Fsp3) is 0.370. The number of rotatable bonds is 5. The number of aromatic nitrogens is 3. The molecule has 2 amide bonds. The average Bonchev–Trinajstić information content (AvgIpc) is 3.57. The van der Waals surface area contributed by atoms with Gasteiger partial charge in [0.15, 0.2) is 17.3 Å². The molecule has 11 heteroatoms. The van der Waals surface area contributed by atoms with Crippen molar-refractivity contribution in [2.75, 3.05) is 26.8 Å². The SMILES string of the molecule is COc1ccc2cc1OCCn1cc(nn1)CO[C@H]1CN(C(=O)CCC(=O)c3ccccc3)C[C@@H]1NC2=O. The Bertz CT molecular complexity index is 1310. The first-order valence-electron chi connectivity index (χ1n) is 12.5. The quantitative estimate of drug-likeness (QED) is 0.507. The van der Waals surface area contributed by atoms with E-state index in [2.05, 4.69) is 15.6 Å². The van der Waals surface area contributed by atoms with Crippen molar-refractivity contribution in [2.45, 2.75) is 38.1 Å². The molecule has 3 aromatic rings. The second-order valence-corrected chi connectivity index (χ2v) is 9.20. The van der Waals surface area contributed by atoms with Crippen LogP contribution in [0.2, 0.25) is 0 Å². The third-order valence-electron chi connectivity index (χ3n) is 6.63. The highest BCUT2D eigenvalue weighted by atomic mass is 16.5. The molecular formula is C27H29N5O6. The third-order valence-corrected chi connectivity index (χ3v) is 6.63. The molecule has 11 nitrogen and oxygen atoms in total. The zero-order chi connectivity index (χ0) is 26.5. The van der Waals surface area contributed by atoms with Gasteiger partial charge in [-0.1, -0.05) is 35.5 Å². The van der Waals surface area contributed by atoms with Crippen LogP contribution in [-0.4, -0.2) is 76.4 Å². The van der Waals surface area contributed by atoms with Crippen LogP contribution < -0.4 is 14.8 Å². The maximum Gasteiger partial charge on any atom is 0.251 e. The lowest BCUT2D eigenvalue weighted by molar-refractivity contribution is -0.130. The first-order chi connectivity index (χ1) is 18.5. The molecule has 3 heterocycles. The summed E-state index contributed by atoms with van der Waals surface area (Å²) in [7, 11) is 1.54. The van der Waals surface area contributed by atoms with Gasteiger partial charge in [-0.05, 0) is 18.2 Å². The van der Waals surface area contributed by atoms with Gasteiger partial charge in [0.25, 0.3) is 5.91 Å². The zero-order valence-electron chi connectivity index (χ0n) is 21.0. The Kier molecular flexibility index (Phi) is 7.64. The minimum absolute atomic E-state index is 0.0780. The van der Waals surface area contributed by atoms with E-state index < -0.39 is 12.1 Å². The molecule has 0 unspecified atom stereocenters. The van der Waals surface area contributed by atoms with Gasteiger partial charge in [-0.3, -0.25) is 14.4 Å². The number of likely N-dealkylation sites (tertiary alicyclic amines) is 1. The number of nitrogens with zero attached hydrogens (tertiary/aromatic N) is 4. The van der Waals surface area contributed by atoms with Crippen molar-refractivity contribution in [1.82, 2.24) is 25.2 Å². The van der Waals surface area contributed by atoms with Crippen LogP contribution in [0.4, 0.5) is 0 Å². The molecule has 198 valence electrons. The molecule has 0 radical (unpaired) electrons. The Morgan fingerprint density at radius 2 is 1.97 bits per heavy atom. The van der Waals surface area contributed by atoms with Gasteiger partial charge in [0.1, 0.15) is 12.3 Å². The lowest BCUT2D eigenvalue weighted by atomic mass is 10.1. The van der Waals surface area contributed by atoms with Crippen LogP contribution in [0.1, 0.15) is 39.3 Å². The van der Waals surface area contributed by atoms with Crippen molar-refractivity contribution in [1.29, 1.82) is 0 Å². The minimum atomic E-state index is -0.461. The van der Waals surface area contributed by atoms with E-state index in [1.807, 2.05) is 6.07 Å². The largest absolute Gasteiger partial charge is 0.493 e. The number of ketones is 1. The molecule has 2 atom stereocenters. The monoisotopic (exact) mass is 519 g/mol. The van der Waals surface area contributed by atoms with E-state index in [1.165, 1.54) is 7.11 Å². The number of hydrogen-bond acceptors (Lipinski definition) is 8.